The third kappa shape index (κ3) is 12.2. The zero-order valence-electron chi connectivity index (χ0n) is 35.3. The van der Waals surface area contributed by atoms with Crippen LogP contribution in [-0.2, 0) is 35.2 Å². The van der Waals surface area contributed by atoms with Gasteiger partial charge in [-0.1, -0.05) is 48.0 Å². The molecular formula is C46H51ClN6O10. The van der Waals surface area contributed by atoms with E-state index in [1.54, 1.807) is 48.5 Å². The number of amides is 5. The van der Waals surface area contributed by atoms with Gasteiger partial charge in [-0.05, 0) is 117 Å². The second kappa shape index (κ2) is 21.3. The monoisotopic (exact) mass is 882 g/mol. The summed E-state index contributed by atoms with van der Waals surface area (Å²) in [5, 5.41) is 32.0. The average molecular weight is 883 g/mol. The van der Waals surface area contributed by atoms with Crippen molar-refractivity contribution in [1.82, 2.24) is 26.2 Å². The molecule has 0 fully saturated rings. The number of phenols is 1. The maximum absolute atomic E-state index is 14.6. The highest BCUT2D eigenvalue weighted by Gasteiger charge is 2.36. The molecule has 4 aromatic carbocycles. The fraction of sp³-hybridized carbons (Fsp3) is 0.326. The van der Waals surface area contributed by atoms with Gasteiger partial charge in [-0.25, -0.2) is 4.79 Å². The largest absolute Gasteiger partial charge is 0.507 e. The normalized spacial score (nSPS) is 17.1. The minimum absolute atomic E-state index is 0.0267. The van der Waals surface area contributed by atoms with Crippen molar-refractivity contribution in [3.05, 3.63) is 107 Å². The number of hydrogen-bond donors (Lipinski definition) is 7. The summed E-state index contributed by atoms with van der Waals surface area (Å²) in [6.45, 7) is 3.77. The lowest BCUT2D eigenvalue weighted by atomic mass is 9.93. The molecular weight excluding hydrogens is 832 g/mol. The van der Waals surface area contributed by atoms with Gasteiger partial charge < -0.3 is 46.9 Å². The molecule has 0 unspecified atom stereocenters. The number of aromatic hydroxyl groups is 1. The predicted octanol–water partition coefficient (Wildman–Crippen LogP) is 3.91. The molecule has 0 aliphatic carbocycles. The first-order valence-corrected chi connectivity index (χ1v) is 20.7. The summed E-state index contributed by atoms with van der Waals surface area (Å²) in [5.41, 5.74) is 8.65. The molecule has 0 radical (unpaired) electrons. The molecule has 8 N–H and O–H groups in total. The highest BCUT2D eigenvalue weighted by atomic mass is 35.5. The third-order valence-corrected chi connectivity index (χ3v) is 10.9. The molecule has 0 saturated carbocycles. The Morgan fingerprint density at radius 2 is 1.56 bits per heavy atom. The van der Waals surface area contributed by atoms with Crippen molar-refractivity contribution in [1.29, 1.82) is 0 Å². The van der Waals surface area contributed by atoms with Gasteiger partial charge in [0.2, 0.25) is 23.6 Å². The summed E-state index contributed by atoms with van der Waals surface area (Å²) in [7, 11) is 1.37. The Balaban J connectivity index is 1.55. The fourth-order valence-corrected chi connectivity index (χ4v) is 7.13. The second-order valence-corrected chi connectivity index (χ2v) is 15.8. The van der Waals surface area contributed by atoms with E-state index >= 15 is 0 Å². The number of halogens is 1. The zero-order valence-corrected chi connectivity index (χ0v) is 36.0. The molecule has 1 aliphatic rings. The quantitative estimate of drug-likeness (QED) is 0.0844. The number of ketones is 1. The smallest absolute Gasteiger partial charge is 0.341 e. The van der Waals surface area contributed by atoms with Gasteiger partial charge in [0.05, 0.1) is 6.04 Å². The topological polar surface area (TPSA) is 247 Å². The number of Topliss-reactive ketones (excluding diaryl/α,β-unsaturated/α-hetero) is 1. The molecule has 5 atom stereocenters. The number of hydrogen-bond acceptors (Lipinski definition) is 10. The summed E-state index contributed by atoms with van der Waals surface area (Å²) in [6, 6.07) is 16.7. The molecule has 16 nitrogen and oxygen atoms in total. The van der Waals surface area contributed by atoms with Crippen LogP contribution < -0.4 is 31.7 Å². The number of likely N-dealkylation sites (N-methyl/N-ethyl adjacent to an activating group) is 1. The van der Waals surface area contributed by atoms with E-state index < -0.39 is 72.3 Å². The molecule has 1 aliphatic heterocycles. The number of benzene rings is 4. The summed E-state index contributed by atoms with van der Waals surface area (Å²) in [6.07, 6.45) is 1.02. The molecule has 1 heterocycles. The van der Waals surface area contributed by atoms with E-state index in [2.05, 4.69) is 21.3 Å². The molecule has 5 rings (SSSR count). The molecule has 0 aromatic heterocycles. The number of unbranched alkanes of at least 4 members (excludes halogenated alkanes) is 1. The van der Waals surface area contributed by atoms with Crippen LogP contribution >= 0.6 is 11.6 Å². The van der Waals surface area contributed by atoms with Crippen molar-refractivity contribution in [3.8, 4) is 33.8 Å². The Kier molecular flexibility index (Phi) is 16.0. The van der Waals surface area contributed by atoms with Crippen molar-refractivity contribution in [3.63, 3.8) is 0 Å². The van der Waals surface area contributed by atoms with E-state index in [9.17, 15) is 43.8 Å². The number of nitrogens with two attached hydrogens (primary N) is 1. The summed E-state index contributed by atoms with van der Waals surface area (Å²) in [5.74, 6) is -5.36. The van der Waals surface area contributed by atoms with Crippen molar-refractivity contribution in [2.45, 2.75) is 76.7 Å². The van der Waals surface area contributed by atoms with E-state index in [4.69, 9.17) is 22.1 Å². The van der Waals surface area contributed by atoms with Crippen LogP contribution in [0.15, 0.2) is 84.9 Å². The first-order valence-electron chi connectivity index (χ1n) is 20.3. The van der Waals surface area contributed by atoms with Gasteiger partial charge in [0.1, 0.15) is 35.7 Å². The Hall–Kier alpha value is -6.78. The highest BCUT2D eigenvalue weighted by molar-refractivity contribution is 6.30. The number of fused-ring (bicyclic) bond motifs is 5. The van der Waals surface area contributed by atoms with Gasteiger partial charge in [0, 0.05) is 35.2 Å². The molecule has 17 heteroatoms. The number of phenolic OH excluding ortho intramolecular Hbond substituents is 1. The van der Waals surface area contributed by atoms with Gasteiger partial charge in [-0.3, -0.25) is 28.8 Å². The number of ether oxygens (including phenoxy) is 1. The Bertz CT molecular complexity index is 2360. The number of nitrogens with one attached hydrogen (secondary N) is 4. The molecule has 332 valence electrons. The van der Waals surface area contributed by atoms with Gasteiger partial charge in [-0.2, -0.15) is 0 Å². The Morgan fingerprint density at radius 3 is 2.19 bits per heavy atom. The van der Waals surface area contributed by atoms with E-state index in [1.807, 2.05) is 12.1 Å². The Labute approximate surface area is 369 Å². The first-order chi connectivity index (χ1) is 30.0. The number of carboxylic acids is 1. The van der Waals surface area contributed by atoms with Crippen LogP contribution in [-0.4, -0.2) is 101 Å². The van der Waals surface area contributed by atoms with Crippen LogP contribution in [0, 0.1) is 0 Å². The average Bonchev–Trinajstić information content (AvgIpc) is 3.25. The zero-order chi connectivity index (χ0) is 46.0. The maximum Gasteiger partial charge on any atom is 0.341 e. The minimum atomic E-state index is -1.48. The number of carboxylic acid groups (broad SMARTS) is 1. The van der Waals surface area contributed by atoms with E-state index in [0.717, 1.165) is 16.0 Å². The lowest BCUT2D eigenvalue weighted by molar-refractivity contribution is -0.141. The molecule has 4 bridgehead atoms. The highest BCUT2D eigenvalue weighted by Crippen LogP contribution is 2.39. The van der Waals surface area contributed by atoms with Gasteiger partial charge in [-0.15, -0.1) is 0 Å². The van der Waals surface area contributed by atoms with Crippen molar-refractivity contribution < 1.29 is 48.5 Å². The summed E-state index contributed by atoms with van der Waals surface area (Å²) in [4.78, 5) is 94.8. The standard InChI is InChI=1S/C46H51ClN6O10/c1-25(27(3)54)49-44(60)37-22-28-8-19-39(63-24-40(56)57)35(21-28)34-23-32(15-18-38(34)55)41(45(61)50-26(2)42(58)52-37)53(4)46(62)36(7-5-6-20-48)51-43(59)31-11-9-29(10-12-31)30-13-16-33(47)17-14-30/h8-19,21,23,25-26,36-37,41,55H,5-7,20,22,24,48H2,1-4H3,(H,49,60)(H,50,61)(H,51,59)(H,52,58)(H,56,57)/t25-,26-,36-,37-,41-/m0/s1. The van der Waals surface area contributed by atoms with E-state index in [0.29, 0.717) is 30.0 Å². The van der Waals surface area contributed by atoms with Gasteiger partial charge in [0.25, 0.3) is 5.91 Å². The summed E-state index contributed by atoms with van der Waals surface area (Å²) < 4.78 is 5.61. The van der Waals surface area contributed by atoms with Crippen LogP contribution in [0.3, 0.4) is 0 Å². The number of carbonyl (C=O) groups is 7. The number of carbonyl (C=O) groups excluding carboxylic acids is 6. The van der Waals surface area contributed by atoms with Crippen LogP contribution in [0.5, 0.6) is 11.5 Å². The lowest BCUT2D eigenvalue weighted by Crippen LogP contribution is -2.56. The van der Waals surface area contributed by atoms with Crippen molar-refractivity contribution >= 4 is 52.9 Å². The molecule has 4 aromatic rings. The Morgan fingerprint density at radius 1 is 0.889 bits per heavy atom. The van der Waals surface area contributed by atoms with Gasteiger partial charge in [0.15, 0.2) is 12.4 Å². The molecule has 0 saturated heterocycles. The van der Waals surface area contributed by atoms with E-state index in [1.165, 1.54) is 52.1 Å². The van der Waals surface area contributed by atoms with Crippen LogP contribution in [0.2, 0.25) is 5.02 Å². The molecule has 5 amide bonds. The van der Waals surface area contributed by atoms with E-state index in [-0.39, 0.29) is 52.4 Å². The van der Waals surface area contributed by atoms with Crippen molar-refractivity contribution in [2.24, 2.45) is 5.73 Å². The van der Waals surface area contributed by atoms with Crippen molar-refractivity contribution in [2.75, 3.05) is 20.2 Å². The fourth-order valence-electron chi connectivity index (χ4n) is 7.01. The summed E-state index contributed by atoms with van der Waals surface area (Å²) >= 11 is 6.04. The number of aliphatic carboxylic acids is 1. The predicted molar refractivity (Wildman–Crippen MR) is 235 cm³/mol. The minimum Gasteiger partial charge on any atom is -0.507 e. The van der Waals surface area contributed by atoms with Gasteiger partial charge >= 0.3 is 5.97 Å². The second-order valence-electron chi connectivity index (χ2n) is 15.4. The number of nitrogens with zero attached hydrogens (tertiary/aromatic N) is 1. The SMILES string of the molecule is CC(=O)[C@H](C)NC(=O)[C@@H]1Cc2ccc(OCC(=O)O)c(c2)-c2cc(ccc2O)[C@H](N(C)C(=O)[C@H](CCCCN)NC(=O)c2ccc(-c3ccc(Cl)cc3)cc2)C(=O)N[C@@H](C)C(=O)N1. The van der Waals surface area contributed by atoms with Crippen LogP contribution in [0.25, 0.3) is 22.3 Å². The third-order valence-electron chi connectivity index (χ3n) is 10.7. The van der Waals surface area contributed by atoms with Crippen LogP contribution in [0.4, 0.5) is 0 Å². The number of rotatable bonds is 15. The lowest BCUT2D eigenvalue weighted by Gasteiger charge is -2.32. The first kappa shape index (κ1) is 47.3. The molecule has 0 spiro atoms. The van der Waals surface area contributed by atoms with Crippen LogP contribution in [0.1, 0.15) is 67.6 Å². The maximum atomic E-state index is 14.6. The molecule has 63 heavy (non-hydrogen) atoms.